The fraction of sp³-hybridized carbons (Fsp3) is 0.682. The van der Waals surface area contributed by atoms with Crippen LogP contribution in [-0.4, -0.2) is 11.1 Å². The average Bonchev–Trinajstić information content (AvgIpc) is 2.61. The molecule has 1 aromatic carbocycles. The van der Waals surface area contributed by atoms with E-state index in [9.17, 15) is 4.79 Å². The van der Waals surface area contributed by atoms with Gasteiger partial charge >= 0.3 is 5.97 Å². The van der Waals surface area contributed by atoms with Gasteiger partial charge in [-0.2, -0.15) is 0 Å². The third-order valence-electron chi connectivity index (χ3n) is 5.72. The summed E-state index contributed by atoms with van der Waals surface area (Å²) in [5, 5.41) is 8.94. The summed E-state index contributed by atoms with van der Waals surface area (Å²) in [4.78, 5) is 10.9. The summed E-state index contributed by atoms with van der Waals surface area (Å²) in [5.74, 6) is 1.02. The van der Waals surface area contributed by atoms with Crippen LogP contribution in [-0.2, 0) is 6.42 Å². The molecule has 24 heavy (non-hydrogen) atoms. The minimum absolute atomic E-state index is 0.387. The van der Waals surface area contributed by atoms with Crippen molar-refractivity contribution in [1.29, 1.82) is 0 Å². The molecule has 2 nitrogen and oxygen atoms in total. The predicted octanol–water partition coefficient (Wildman–Crippen LogP) is 6.48. The number of hydrogen-bond donors (Lipinski definition) is 1. The van der Waals surface area contributed by atoms with Crippen LogP contribution in [0.1, 0.15) is 93.5 Å². The van der Waals surface area contributed by atoms with Crippen molar-refractivity contribution in [2.45, 2.75) is 84.0 Å². The van der Waals surface area contributed by atoms with Crippen molar-refractivity contribution in [3.05, 3.63) is 35.4 Å². The van der Waals surface area contributed by atoms with Crippen LogP contribution < -0.4 is 0 Å². The second-order valence-electron chi connectivity index (χ2n) is 7.63. The maximum atomic E-state index is 10.9. The van der Waals surface area contributed by atoms with Crippen LogP contribution in [0, 0.1) is 11.8 Å². The Balaban J connectivity index is 1.60. The predicted molar refractivity (Wildman–Crippen MR) is 101 cm³/mol. The van der Waals surface area contributed by atoms with E-state index in [1.807, 2.05) is 12.1 Å². The minimum atomic E-state index is -0.838. The molecule has 0 radical (unpaired) electrons. The number of carbonyl (C=O) groups is 1. The highest BCUT2D eigenvalue weighted by Gasteiger charge is 2.20. The topological polar surface area (TPSA) is 37.3 Å². The lowest BCUT2D eigenvalue weighted by Gasteiger charge is -2.28. The van der Waals surface area contributed by atoms with Gasteiger partial charge in [0, 0.05) is 0 Å². The van der Waals surface area contributed by atoms with Crippen LogP contribution in [0.5, 0.6) is 0 Å². The van der Waals surface area contributed by atoms with Crippen LogP contribution in [0.3, 0.4) is 0 Å². The highest BCUT2D eigenvalue weighted by Crippen LogP contribution is 2.34. The van der Waals surface area contributed by atoms with Gasteiger partial charge in [0.15, 0.2) is 0 Å². The van der Waals surface area contributed by atoms with Crippen molar-refractivity contribution < 1.29 is 9.90 Å². The fourth-order valence-corrected chi connectivity index (χ4v) is 4.03. The molecule has 1 saturated carbocycles. The second kappa shape index (κ2) is 10.5. The maximum Gasteiger partial charge on any atom is 0.335 e. The van der Waals surface area contributed by atoms with Gasteiger partial charge in [-0.15, -0.1) is 0 Å². The van der Waals surface area contributed by atoms with Crippen LogP contribution >= 0.6 is 0 Å². The molecule has 0 heterocycles. The molecule has 1 fully saturated rings. The molecule has 0 aromatic heterocycles. The molecule has 1 aromatic rings. The van der Waals surface area contributed by atoms with E-state index in [0.717, 1.165) is 18.3 Å². The van der Waals surface area contributed by atoms with Gasteiger partial charge in [-0.1, -0.05) is 83.3 Å². The monoisotopic (exact) mass is 330 g/mol. The van der Waals surface area contributed by atoms with E-state index >= 15 is 0 Å². The van der Waals surface area contributed by atoms with E-state index in [-0.39, 0.29) is 0 Å². The van der Waals surface area contributed by atoms with Crippen LogP contribution in [0.2, 0.25) is 0 Å². The van der Waals surface area contributed by atoms with Gasteiger partial charge in [0.05, 0.1) is 5.56 Å². The molecular weight excluding hydrogens is 296 g/mol. The first-order valence-corrected chi connectivity index (χ1v) is 10.0. The molecule has 0 unspecified atom stereocenters. The van der Waals surface area contributed by atoms with Crippen LogP contribution in [0.25, 0.3) is 0 Å². The van der Waals surface area contributed by atoms with Crippen molar-refractivity contribution in [2.75, 3.05) is 0 Å². The Morgan fingerprint density at radius 1 is 0.917 bits per heavy atom. The van der Waals surface area contributed by atoms with E-state index in [0.29, 0.717) is 5.56 Å². The van der Waals surface area contributed by atoms with E-state index in [2.05, 4.69) is 6.92 Å². The third kappa shape index (κ3) is 6.67. The summed E-state index contributed by atoms with van der Waals surface area (Å²) in [6.45, 7) is 2.28. The van der Waals surface area contributed by atoms with E-state index in [1.54, 1.807) is 12.1 Å². The Morgan fingerprint density at radius 2 is 1.50 bits per heavy atom. The van der Waals surface area contributed by atoms with Gasteiger partial charge in [0.2, 0.25) is 0 Å². The van der Waals surface area contributed by atoms with Crippen LogP contribution in [0.4, 0.5) is 0 Å². The number of benzene rings is 1. The van der Waals surface area contributed by atoms with Crippen molar-refractivity contribution in [3.8, 4) is 0 Å². The van der Waals surface area contributed by atoms with Gasteiger partial charge in [-0.3, -0.25) is 0 Å². The number of carboxylic acid groups (broad SMARTS) is 1. The molecule has 0 saturated heterocycles. The molecule has 1 N–H and O–H groups in total. The smallest absolute Gasteiger partial charge is 0.335 e. The molecule has 0 aliphatic heterocycles. The zero-order chi connectivity index (χ0) is 17.2. The van der Waals surface area contributed by atoms with Crippen molar-refractivity contribution in [2.24, 2.45) is 11.8 Å². The average molecular weight is 331 g/mol. The van der Waals surface area contributed by atoms with Gasteiger partial charge in [0.1, 0.15) is 0 Å². The molecule has 2 heteroatoms. The minimum Gasteiger partial charge on any atom is -0.478 e. The van der Waals surface area contributed by atoms with Crippen LogP contribution in [0.15, 0.2) is 24.3 Å². The number of hydrogen-bond acceptors (Lipinski definition) is 1. The highest BCUT2D eigenvalue weighted by molar-refractivity contribution is 5.87. The molecule has 134 valence electrons. The van der Waals surface area contributed by atoms with Gasteiger partial charge in [-0.25, -0.2) is 4.79 Å². The Labute approximate surface area is 147 Å². The summed E-state index contributed by atoms with van der Waals surface area (Å²) in [5.41, 5.74) is 1.66. The summed E-state index contributed by atoms with van der Waals surface area (Å²) >= 11 is 0. The Hall–Kier alpha value is -1.31. The summed E-state index contributed by atoms with van der Waals surface area (Å²) in [6, 6.07) is 7.41. The standard InChI is InChI=1S/C22H34O2/c1-2-3-4-5-6-7-18-8-10-19(11-9-18)12-13-20-14-16-21(17-15-20)22(23)24/h14-19H,2-13H2,1H3,(H,23,24)/t18-,19-. The number of aryl methyl sites for hydroxylation is 1. The highest BCUT2D eigenvalue weighted by atomic mass is 16.4. The zero-order valence-corrected chi connectivity index (χ0v) is 15.3. The van der Waals surface area contributed by atoms with Gasteiger partial charge in [-0.05, 0) is 42.4 Å². The summed E-state index contributed by atoms with van der Waals surface area (Å²) < 4.78 is 0. The largest absolute Gasteiger partial charge is 0.478 e. The maximum absolute atomic E-state index is 10.9. The second-order valence-corrected chi connectivity index (χ2v) is 7.63. The lowest BCUT2D eigenvalue weighted by Crippen LogP contribution is -2.15. The zero-order valence-electron chi connectivity index (χ0n) is 15.3. The SMILES string of the molecule is CCCCCCC[C@H]1CC[C@H](CCc2ccc(C(=O)O)cc2)CC1. The first-order chi connectivity index (χ1) is 11.7. The molecule has 0 atom stereocenters. The summed E-state index contributed by atoms with van der Waals surface area (Å²) in [6.07, 6.45) is 16.5. The first-order valence-electron chi connectivity index (χ1n) is 10.0. The van der Waals surface area contributed by atoms with Crippen molar-refractivity contribution >= 4 is 5.97 Å². The Kier molecular flexibility index (Phi) is 8.35. The normalized spacial score (nSPS) is 20.9. The van der Waals surface area contributed by atoms with Crippen molar-refractivity contribution in [1.82, 2.24) is 0 Å². The fourth-order valence-electron chi connectivity index (χ4n) is 4.03. The molecule has 1 aliphatic carbocycles. The quantitative estimate of drug-likeness (QED) is 0.498. The molecule has 0 spiro atoms. The molecule has 0 bridgehead atoms. The first kappa shape index (κ1) is 19.0. The number of carboxylic acids is 1. The Morgan fingerprint density at radius 3 is 2.08 bits per heavy atom. The van der Waals surface area contributed by atoms with Gasteiger partial charge in [0.25, 0.3) is 0 Å². The van der Waals surface area contributed by atoms with Gasteiger partial charge < -0.3 is 5.11 Å². The number of rotatable bonds is 10. The van der Waals surface area contributed by atoms with E-state index in [1.165, 1.54) is 76.2 Å². The summed E-state index contributed by atoms with van der Waals surface area (Å²) in [7, 11) is 0. The lowest BCUT2D eigenvalue weighted by molar-refractivity contribution is 0.0697. The molecule has 0 amide bonds. The third-order valence-corrected chi connectivity index (χ3v) is 5.72. The lowest BCUT2D eigenvalue weighted by atomic mass is 9.77. The van der Waals surface area contributed by atoms with Crippen molar-refractivity contribution in [3.63, 3.8) is 0 Å². The number of unbranched alkanes of at least 4 members (excludes halogenated alkanes) is 4. The van der Waals surface area contributed by atoms with E-state index < -0.39 is 5.97 Å². The molecular formula is C22H34O2. The Bertz CT molecular complexity index is 469. The number of aromatic carboxylic acids is 1. The molecule has 1 aliphatic rings. The van der Waals surface area contributed by atoms with E-state index in [4.69, 9.17) is 5.11 Å². The molecule has 2 rings (SSSR count).